The number of rotatable bonds is 2. The third-order valence-electron chi connectivity index (χ3n) is 3.07. The summed E-state index contributed by atoms with van der Waals surface area (Å²) < 4.78 is 13.3. The van der Waals surface area contributed by atoms with Crippen LogP contribution < -0.4 is 16.4 Å². The maximum Gasteiger partial charge on any atom is 0.240 e. The largest absolute Gasteiger partial charge is 0.399 e. The zero-order valence-electron chi connectivity index (χ0n) is 9.53. The lowest BCUT2D eigenvalue weighted by Crippen LogP contribution is -2.47. The number of nitrogens with zero attached hydrogens (tertiary/aromatic N) is 1. The molecule has 0 aliphatic carbocycles. The highest BCUT2D eigenvalue weighted by atomic mass is 19.1. The molecule has 5 heteroatoms. The molecule has 17 heavy (non-hydrogen) atoms. The van der Waals surface area contributed by atoms with Crippen molar-refractivity contribution in [3.63, 3.8) is 0 Å². The van der Waals surface area contributed by atoms with Crippen LogP contribution in [0, 0.1) is 5.82 Å². The number of hydrogen-bond donors (Lipinski definition) is 2. The Morgan fingerprint density at radius 1 is 1.35 bits per heavy atom. The van der Waals surface area contributed by atoms with Crippen molar-refractivity contribution in [2.45, 2.75) is 25.3 Å². The van der Waals surface area contributed by atoms with E-state index in [-0.39, 0.29) is 11.9 Å². The van der Waals surface area contributed by atoms with Crippen LogP contribution in [0.5, 0.6) is 0 Å². The average molecular weight is 237 g/mol. The third-order valence-corrected chi connectivity index (χ3v) is 3.07. The number of carbonyl (C=O) groups excluding carboxylic acids is 1. The summed E-state index contributed by atoms with van der Waals surface area (Å²) in [6.45, 7) is 0.705. The molecule has 0 saturated carbocycles. The molecule has 1 aliphatic heterocycles. The van der Waals surface area contributed by atoms with Gasteiger partial charge in [-0.15, -0.1) is 0 Å². The van der Waals surface area contributed by atoms with Crippen molar-refractivity contribution in [2.24, 2.45) is 5.73 Å². The number of carbonyl (C=O) groups is 1. The minimum atomic E-state index is -0.395. The number of piperidine rings is 1. The molecule has 1 saturated heterocycles. The summed E-state index contributed by atoms with van der Waals surface area (Å²) in [4.78, 5) is 13.2. The van der Waals surface area contributed by atoms with Crippen molar-refractivity contribution in [3.8, 4) is 0 Å². The van der Waals surface area contributed by atoms with Crippen LogP contribution in [0.25, 0.3) is 0 Å². The van der Waals surface area contributed by atoms with E-state index in [0.717, 1.165) is 12.8 Å². The molecule has 1 amide bonds. The van der Waals surface area contributed by atoms with E-state index in [1.165, 1.54) is 12.1 Å². The molecule has 92 valence electrons. The molecular weight excluding hydrogens is 221 g/mol. The number of benzene rings is 1. The lowest BCUT2D eigenvalue weighted by Gasteiger charge is -2.35. The van der Waals surface area contributed by atoms with Gasteiger partial charge in [-0.05, 0) is 37.5 Å². The Bertz CT molecular complexity index is 416. The lowest BCUT2D eigenvalue weighted by molar-refractivity contribution is -0.119. The van der Waals surface area contributed by atoms with Crippen molar-refractivity contribution in [1.82, 2.24) is 0 Å². The van der Waals surface area contributed by atoms with E-state index in [4.69, 9.17) is 11.5 Å². The van der Waals surface area contributed by atoms with Crippen LogP contribution in [-0.4, -0.2) is 18.5 Å². The van der Waals surface area contributed by atoms with Crippen LogP contribution in [-0.2, 0) is 4.79 Å². The summed E-state index contributed by atoms with van der Waals surface area (Å²) in [5, 5.41) is 0. The Morgan fingerprint density at radius 2 is 2.12 bits per heavy atom. The summed E-state index contributed by atoms with van der Waals surface area (Å²) in [6, 6.07) is 3.96. The SMILES string of the molecule is NC(=O)C1CCCCN1c1cc(N)cc(F)c1. The Labute approximate surface area is 99.4 Å². The first-order chi connectivity index (χ1) is 8.08. The normalized spacial score (nSPS) is 20.3. The summed E-state index contributed by atoms with van der Waals surface area (Å²) in [5.41, 5.74) is 12.0. The maximum absolute atomic E-state index is 13.3. The maximum atomic E-state index is 13.3. The van der Waals surface area contributed by atoms with Crippen molar-refractivity contribution >= 4 is 17.3 Å². The number of amides is 1. The summed E-state index contributed by atoms with van der Waals surface area (Å²) in [6.07, 6.45) is 2.65. The Morgan fingerprint density at radius 3 is 2.76 bits per heavy atom. The van der Waals surface area contributed by atoms with E-state index < -0.39 is 5.82 Å². The first-order valence-corrected chi connectivity index (χ1v) is 5.70. The van der Waals surface area contributed by atoms with E-state index in [0.29, 0.717) is 24.3 Å². The molecule has 4 N–H and O–H groups in total. The number of halogens is 1. The molecule has 1 atom stereocenters. The molecule has 0 bridgehead atoms. The molecule has 2 rings (SSSR count). The standard InChI is InChI=1S/C12H16FN3O/c13-8-5-9(14)7-10(6-8)16-4-2-1-3-11(16)12(15)17/h5-7,11H,1-4,14H2,(H2,15,17). The molecule has 0 spiro atoms. The average Bonchev–Trinajstić information content (AvgIpc) is 2.27. The molecule has 1 fully saturated rings. The summed E-state index contributed by atoms with van der Waals surface area (Å²) in [7, 11) is 0. The molecule has 1 aliphatic rings. The highest BCUT2D eigenvalue weighted by molar-refractivity contribution is 5.84. The zero-order chi connectivity index (χ0) is 12.4. The first kappa shape index (κ1) is 11.7. The second-order valence-corrected chi connectivity index (χ2v) is 4.35. The molecule has 1 unspecified atom stereocenters. The predicted molar refractivity (Wildman–Crippen MR) is 65.0 cm³/mol. The van der Waals surface area contributed by atoms with Crippen molar-refractivity contribution in [2.75, 3.05) is 17.2 Å². The molecule has 0 radical (unpaired) electrons. The minimum absolute atomic E-state index is 0.355. The number of hydrogen-bond acceptors (Lipinski definition) is 3. The van der Waals surface area contributed by atoms with E-state index >= 15 is 0 Å². The summed E-state index contributed by atoms with van der Waals surface area (Å²) in [5.74, 6) is -0.763. The molecular formula is C12H16FN3O. The van der Waals surface area contributed by atoms with Crippen molar-refractivity contribution in [3.05, 3.63) is 24.0 Å². The van der Waals surface area contributed by atoms with E-state index in [2.05, 4.69) is 0 Å². The van der Waals surface area contributed by atoms with Crippen LogP contribution in [0.4, 0.5) is 15.8 Å². The Balaban J connectivity index is 2.32. The Hall–Kier alpha value is -1.78. The van der Waals surface area contributed by atoms with Crippen LogP contribution in [0.2, 0.25) is 0 Å². The second kappa shape index (κ2) is 4.61. The number of nitrogens with two attached hydrogens (primary N) is 2. The topological polar surface area (TPSA) is 72.4 Å². The van der Waals surface area contributed by atoms with Gasteiger partial charge in [0.05, 0.1) is 0 Å². The molecule has 0 aromatic heterocycles. The fourth-order valence-electron chi connectivity index (χ4n) is 2.30. The summed E-state index contributed by atoms with van der Waals surface area (Å²) >= 11 is 0. The molecule has 4 nitrogen and oxygen atoms in total. The first-order valence-electron chi connectivity index (χ1n) is 5.70. The van der Waals surface area contributed by atoms with Gasteiger partial charge in [0.2, 0.25) is 5.91 Å². The zero-order valence-corrected chi connectivity index (χ0v) is 9.53. The van der Waals surface area contributed by atoms with E-state index in [1.807, 2.05) is 4.90 Å². The number of nitrogen functional groups attached to an aromatic ring is 1. The fourth-order valence-corrected chi connectivity index (χ4v) is 2.30. The van der Waals surface area contributed by atoms with Gasteiger partial charge in [-0.1, -0.05) is 0 Å². The third kappa shape index (κ3) is 2.49. The molecule has 1 aromatic rings. The minimum Gasteiger partial charge on any atom is -0.399 e. The van der Waals surface area contributed by atoms with E-state index in [9.17, 15) is 9.18 Å². The Kier molecular flexibility index (Phi) is 3.17. The quantitative estimate of drug-likeness (QED) is 0.760. The van der Waals surface area contributed by atoms with Gasteiger partial charge in [0.1, 0.15) is 11.9 Å². The van der Waals surface area contributed by atoms with Crippen LogP contribution in [0.15, 0.2) is 18.2 Å². The smallest absolute Gasteiger partial charge is 0.240 e. The van der Waals surface area contributed by atoms with Gasteiger partial charge < -0.3 is 16.4 Å². The van der Waals surface area contributed by atoms with Gasteiger partial charge in [0.25, 0.3) is 0 Å². The fraction of sp³-hybridized carbons (Fsp3) is 0.417. The highest BCUT2D eigenvalue weighted by Crippen LogP contribution is 2.27. The van der Waals surface area contributed by atoms with Gasteiger partial charge in [-0.2, -0.15) is 0 Å². The number of primary amides is 1. The van der Waals surface area contributed by atoms with Gasteiger partial charge in [-0.3, -0.25) is 4.79 Å². The number of anilines is 2. The van der Waals surface area contributed by atoms with E-state index in [1.54, 1.807) is 6.07 Å². The van der Waals surface area contributed by atoms with Gasteiger partial charge in [-0.25, -0.2) is 4.39 Å². The lowest BCUT2D eigenvalue weighted by atomic mass is 10.0. The van der Waals surface area contributed by atoms with Gasteiger partial charge in [0, 0.05) is 17.9 Å². The highest BCUT2D eigenvalue weighted by Gasteiger charge is 2.27. The van der Waals surface area contributed by atoms with Crippen molar-refractivity contribution in [1.29, 1.82) is 0 Å². The second-order valence-electron chi connectivity index (χ2n) is 4.35. The predicted octanol–water partition coefficient (Wildman–Crippen LogP) is 1.25. The van der Waals surface area contributed by atoms with Crippen LogP contribution in [0.3, 0.4) is 0 Å². The monoisotopic (exact) mass is 237 g/mol. The van der Waals surface area contributed by atoms with Crippen molar-refractivity contribution < 1.29 is 9.18 Å². The van der Waals surface area contributed by atoms with Gasteiger partial charge in [0.15, 0.2) is 0 Å². The van der Waals surface area contributed by atoms with Crippen LogP contribution in [0.1, 0.15) is 19.3 Å². The van der Waals surface area contributed by atoms with Crippen LogP contribution >= 0.6 is 0 Å². The molecule has 1 heterocycles. The molecule has 1 aromatic carbocycles. The van der Waals surface area contributed by atoms with Gasteiger partial charge >= 0.3 is 0 Å².